The molecule has 0 spiro atoms. The Labute approximate surface area is 51.3 Å². The van der Waals surface area contributed by atoms with Gasteiger partial charge in [-0.3, -0.25) is 16.3 Å². The van der Waals surface area contributed by atoms with Crippen molar-refractivity contribution in [2.75, 3.05) is 0 Å². The van der Waals surface area contributed by atoms with E-state index >= 15 is 0 Å². The lowest BCUT2D eigenvalue weighted by molar-refractivity contribution is 0.141. The van der Waals surface area contributed by atoms with Crippen molar-refractivity contribution in [2.45, 2.75) is 0 Å². The van der Waals surface area contributed by atoms with Gasteiger partial charge in [0.15, 0.2) is 0 Å². The van der Waals surface area contributed by atoms with Gasteiger partial charge in [-0.2, -0.15) is 5.10 Å². The van der Waals surface area contributed by atoms with Gasteiger partial charge >= 0.3 is 0 Å². The molecule has 0 amide bonds. The quantitative estimate of drug-likeness (QED) is 0.201. The summed E-state index contributed by atoms with van der Waals surface area (Å²) in [6.45, 7) is 0. The summed E-state index contributed by atoms with van der Waals surface area (Å²) in [4.78, 5) is 0. The maximum Gasteiger partial charge on any atom is 0.203 e. The number of hydrogen-bond donors (Lipinski definition) is 5. The molecule has 0 fully saturated rings. The Kier molecular flexibility index (Phi) is 1.36. The fraction of sp³-hybridized carbons (Fsp3) is 0. The molecule has 0 saturated heterocycles. The molecule has 0 bridgehead atoms. The largest absolute Gasteiger partial charge is 0.369 e. The maximum atomic E-state index is 6.75. The second kappa shape index (κ2) is 2.18. The van der Waals surface area contributed by atoms with Crippen LogP contribution in [0.4, 0.5) is 0 Å². The third kappa shape index (κ3) is 1.46. The van der Waals surface area contributed by atoms with Gasteiger partial charge in [-0.15, -0.1) is 0 Å². The molecule has 7 nitrogen and oxygen atoms in total. The molecule has 0 aliphatic carbocycles. The second-order valence-corrected chi connectivity index (χ2v) is 1.35. The first-order valence-corrected chi connectivity index (χ1v) is 2.23. The van der Waals surface area contributed by atoms with Crippen LogP contribution in [0, 0.1) is 5.41 Å². The zero-order valence-corrected chi connectivity index (χ0v) is 4.55. The van der Waals surface area contributed by atoms with Gasteiger partial charge in [0.1, 0.15) is 6.34 Å². The van der Waals surface area contributed by atoms with Crippen LogP contribution >= 0.6 is 0 Å². The predicted molar refractivity (Wildman–Crippen MR) is 31.7 cm³/mol. The summed E-state index contributed by atoms with van der Waals surface area (Å²) < 4.78 is 0. The molecule has 9 heavy (non-hydrogen) atoms. The van der Waals surface area contributed by atoms with Gasteiger partial charge in [-0.1, -0.05) is 0 Å². The summed E-state index contributed by atoms with van der Waals surface area (Å²) in [5, 5.41) is 11.5. The number of hydrazine groups is 3. The Balaban J connectivity index is 2.22. The number of hydrazone groups is 1. The number of guanidine groups is 1. The summed E-state index contributed by atoms with van der Waals surface area (Å²) in [6.07, 6.45) is 1.41. The van der Waals surface area contributed by atoms with Gasteiger partial charge in [-0.25, -0.2) is 5.53 Å². The smallest absolute Gasteiger partial charge is 0.203 e. The van der Waals surface area contributed by atoms with Crippen LogP contribution in [0.15, 0.2) is 5.10 Å². The molecule has 1 heterocycles. The average molecular weight is 129 g/mol. The van der Waals surface area contributed by atoms with E-state index in [2.05, 4.69) is 21.5 Å². The Morgan fingerprint density at radius 1 is 1.89 bits per heavy atom. The van der Waals surface area contributed by atoms with Crippen molar-refractivity contribution in [3.05, 3.63) is 0 Å². The fourth-order valence-electron chi connectivity index (χ4n) is 0.380. The van der Waals surface area contributed by atoms with Crippen LogP contribution in [-0.4, -0.2) is 17.5 Å². The van der Waals surface area contributed by atoms with E-state index in [1.54, 1.807) is 0 Å². The molecule has 0 aromatic carbocycles. The van der Waals surface area contributed by atoms with E-state index in [-0.39, 0.29) is 5.96 Å². The lowest BCUT2D eigenvalue weighted by atomic mass is 11.1. The van der Waals surface area contributed by atoms with E-state index < -0.39 is 0 Å². The van der Waals surface area contributed by atoms with E-state index in [1.807, 2.05) is 0 Å². The molecule has 7 heteroatoms. The van der Waals surface area contributed by atoms with Crippen molar-refractivity contribution in [2.24, 2.45) is 10.8 Å². The average Bonchev–Trinajstić information content (AvgIpc) is 2.15. The van der Waals surface area contributed by atoms with Crippen LogP contribution in [-0.2, 0) is 0 Å². The summed E-state index contributed by atoms with van der Waals surface area (Å²) in [5.74, 6) is -0.166. The molecule has 0 unspecified atom stereocenters. The first kappa shape index (κ1) is 5.63. The molecule has 0 atom stereocenters. The Morgan fingerprint density at radius 3 is 3.11 bits per heavy atom. The highest BCUT2D eigenvalue weighted by atomic mass is 16.0. The lowest BCUT2D eigenvalue weighted by Crippen LogP contribution is -2.54. The first-order chi connectivity index (χ1) is 4.29. The second-order valence-electron chi connectivity index (χ2n) is 1.35. The van der Waals surface area contributed by atoms with E-state index in [0.29, 0.717) is 0 Å². The number of nitrogens with zero attached hydrogens (tertiary/aromatic N) is 2. The monoisotopic (exact) mass is 129 g/mol. The number of hydrogen-bond acceptors (Lipinski definition) is 5. The molecule has 50 valence electrons. The molecular weight excluding hydrogens is 122 g/mol. The zero-order valence-electron chi connectivity index (χ0n) is 4.55. The van der Waals surface area contributed by atoms with Crippen molar-refractivity contribution < 1.29 is 0 Å². The van der Waals surface area contributed by atoms with Crippen molar-refractivity contribution in [1.82, 2.24) is 21.6 Å². The van der Waals surface area contributed by atoms with Crippen LogP contribution < -0.4 is 22.1 Å². The van der Waals surface area contributed by atoms with Crippen LogP contribution in [0.1, 0.15) is 0 Å². The van der Waals surface area contributed by atoms with Gasteiger partial charge in [0, 0.05) is 0 Å². The molecule has 0 radical (unpaired) electrons. The summed E-state index contributed by atoms with van der Waals surface area (Å²) in [5.41, 5.74) is 12.4. The Hall–Kier alpha value is -1.50. The van der Waals surface area contributed by atoms with E-state index in [1.165, 1.54) is 11.6 Å². The molecule has 0 aromatic heterocycles. The molecule has 6 N–H and O–H groups in total. The van der Waals surface area contributed by atoms with Crippen molar-refractivity contribution >= 4 is 12.3 Å². The summed E-state index contributed by atoms with van der Waals surface area (Å²) in [6, 6.07) is 0. The molecular formula is C2H7N7. The van der Waals surface area contributed by atoms with Crippen LogP contribution in [0.25, 0.3) is 0 Å². The Morgan fingerprint density at radius 2 is 2.67 bits per heavy atom. The van der Waals surface area contributed by atoms with Crippen molar-refractivity contribution in [1.29, 1.82) is 5.41 Å². The van der Waals surface area contributed by atoms with Gasteiger partial charge < -0.3 is 5.73 Å². The molecule has 0 aromatic rings. The minimum Gasteiger partial charge on any atom is -0.369 e. The highest BCUT2D eigenvalue weighted by Crippen LogP contribution is 1.70. The molecule has 1 rings (SSSR count). The van der Waals surface area contributed by atoms with Gasteiger partial charge in [0.25, 0.3) is 0 Å². The van der Waals surface area contributed by atoms with Gasteiger partial charge in [-0.05, 0) is 5.23 Å². The Bertz CT molecular complexity index is 130. The molecule has 1 aliphatic heterocycles. The minimum absolute atomic E-state index is 0.166. The first-order valence-electron chi connectivity index (χ1n) is 2.23. The van der Waals surface area contributed by atoms with Crippen LogP contribution in [0.3, 0.4) is 0 Å². The van der Waals surface area contributed by atoms with Crippen molar-refractivity contribution in [3.63, 3.8) is 0 Å². The summed E-state index contributed by atoms with van der Waals surface area (Å²) in [7, 11) is 0. The number of nitrogens with two attached hydrogens (primary N) is 1. The topological polar surface area (TPSA) is 102 Å². The molecule has 0 saturated carbocycles. The van der Waals surface area contributed by atoms with Crippen molar-refractivity contribution in [3.8, 4) is 0 Å². The highest BCUT2D eigenvalue weighted by molar-refractivity contribution is 5.73. The van der Waals surface area contributed by atoms with Gasteiger partial charge in [0.05, 0.1) is 0 Å². The SMILES string of the molecule is N=C(N)NN1NC=NN1. The summed E-state index contributed by atoms with van der Waals surface area (Å²) >= 11 is 0. The van der Waals surface area contributed by atoms with E-state index in [0.717, 1.165) is 0 Å². The van der Waals surface area contributed by atoms with Crippen LogP contribution in [0.5, 0.6) is 0 Å². The van der Waals surface area contributed by atoms with Gasteiger partial charge in [0.2, 0.25) is 5.96 Å². The fourth-order valence-corrected chi connectivity index (χ4v) is 0.380. The zero-order chi connectivity index (χ0) is 6.69. The minimum atomic E-state index is -0.166. The van der Waals surface area contributed by atoms with Crippen LogP contribution in [0.2, 0.25) is 0 Å². The third-order valence-electron chi connectivity index (χ3n) is 0.641. The van der Waals surface area contributed by atoms with E-state index in [9.17, 15) is 0 Å². The highest BCUT2D eigenvalue weighted by Gasteiger charge is 2.02. The predicted octanol–water partition coefficient (Wildman–Crippen LogP) is -2.35. The maximum absolute atomic E-state index is 6.75. The number of nitrogens with one attached hydrogen (secondary N) is 4. The standard InChI is InChI=1S/C2H7N7/c3-2(4)7-9-6-1-5-8-9/h1,8H,(H,5,6)(H4,3,4,7). The third-order valence-corrected chi connectivity index (χ3v) is 0.641. The number of rotatable bonds is 1. The lowest BCUT2D eigenvalue weighted by Gasteiger charge is -2.13. The normalized spacial score (nSPS) is 16.4. The van der Waals surface area contributed by atoms with E-state index in [4.69, 9.17) is 11.1 Å². The molecule has 1 aliphatic rings.